The summed E-state index contributed by atoms with van der Waals surface area (Å²) in [7, 11) is 0. The van der Waals surface area contributed by atoms with Crippen LogP contribution in [0.5, 0.6) is 0 Å². The van der Waals surface area contributed by atoms with E-state index in [-0.39, 0.29) is 5.41 Å². The third kappa shape index (κ3) is 3.74. The average Bonchev–Trinajstić information content (AvgIpc) is 2.17. The first-order valence-electron chi connectivity index (χ1n) is 4.69. The van der Waals surface area contributed by atoms with E-state index in [2.05, 4.69) is 24.2 Å². The zero-order valence-corrected chi connectivity index (χ0v) is 8.47. The molecule has 1 heterocycles. The van der Waals surface area contributed by atoms with Gasteiger partial charge in [0.15, 0.2) is 0 Å². The molecule has 4 heteroatoms. The summed E-state index contributed by atoms with van der Waals surface area (Å²) in [4.78, 5) is 4.31. The molecule has 0 aromatic rings. The van der Waals surface area contributed by atoms with Gasteiger partial charge in [0.05, 0.1) is 13.2 Å². The van der Waals surface area contributed by atoms with E-state index < -0.39 is 0 Å². The van der Waals surface area contributed by atoms with E-state index >= 15 is 0 Å². The Morgan fingerprint density at radius 3 is 2.92 bits per heavy atom. The molecule has 0 atom stereocenters. The van der Waals surface area contributed by atoms with E-state index in [9.17, 15) is 0 Å². The number of nitrogens with one attached hydrogen (secondary N) is 1. The van der Waals surface area contributed by atoms with E-state index in [1.165, 1.54) is 0 Å². The molecule has 1 rings (SSSR count). The number of rotatable bonds is 3. The number of nitrogens with zero attached hydrogens (tertiary/aromatic N) is 1. The van der Waals surface area contributed by atoms with Crippen molar-refractivity contribution < 1.29 is 4.74 Å². The van der Waals surface area contributed by atoms with Crippen molar-refractivity contribution in [3.63, 3.8) is 0 Å². The number of nitrogens with two attached hydrogens (primary N) is 1. The van der Waals surface area contributed by atoms with Gasteiger partial charge < -0.3 is 15.8 Å². The normalized spacial score (nSPS) is 18.2. The van der Waals surface area contributed by atoms with Gasteiger partial charge >= 0.3 is 0 Å². The number of hydrogen-bond acceptors (Lipinski definition) is 4. The summed E-state index contributed by atoms with van der Waals surface area (Å²) in [5.41, 5.74) is 5.74. The van der Waals surface area contributed by atoms with Crippen molar-refractivity contribution in [3.8, 4) is 0 Å². The summed E-state index contributed by atoms with van der Waals surface area (Å²) in [6, 6.07) is 0. The molecule has 0 amide bonds. The quantitative estimate of drug-likeness (QED) is 0.650. The minimum Gasteiger partial charge on any atom is -0.372 e. The smallest absolute Gasteiger partial charge is 0.123 e. The first-order valence-corrected chi connectivity index (χ1v) is 4.69. The van der Waals surface area contributed by atoms with Crippen LogP contribution >= 0.6 is 0 Å². The molecule has 1 aliphatic heterocycles. The van der Waals surface area contributed by atoms with Crippen LogP contribution in [-0.4, -0.2) is 38.7 Å². The van der Waals surface area contributed by atoms with Crippen molar-refractivity contribution in [3.05, 3.63) is 0 Å². The van der Waals surface area contributed by atoms with Gasteiger partial charge in [0.1, 0.15) is 12.4 Å². The second-order valence-corrected chi connectivity index (χ2v) is 4.10. The Kier molecular flexibility index (Phi) is 3.69. The van der Waals surface area contributed by atoms with Crippen LogP contribution < -0.4 is 11.1 Å². The highest BCUT2D eigenvalue weighted by Gasteiger charge is 2.16. The molecule has 1 aliphatic rings. The van der Waals surface area contributed by atoms with Gasteiger partial charge in [0, 0.05) is 6.54 Å². The molecular formula is C9H19N3O. The van der Waals surface area contributed by atoms with Crippen molar-refractivity contribution in [1.29, 1.82) is 0 Å². The van der Waals surface area contributed by atoms with Crippen LogP contribution in [0, 0.1) is 5.41 Å². The molecule has 0 saturated carbocycles. The molecule has 76 valence electrons. The Hall–Kier alpha value is -0.610. The topological polar surface area (TPSA) is 59.6 Å². The minimum absolute atomic E-state index is 0.125. The Morgan fingerprint density at radius 2 is 2.38 bits per heavy atom. The molecule has 0 aromatic heterocycles. The molecule has 0 bridgehead atoms. The van der Waals surface area contributed by atoms with Crippen LogP contribution in [-0.2, 0) is 4.74 Å². The lowest BCUT2D eigenvalue weighted by molar-refractivity contribution is 0.167. The van der Waals surface area contributed by atoms with Gasteiger partial charge in [-0.05, 0) is 12.0 Å². The van der Waals surface area contributed by atoms with Crippen LogP contribution in [0.3, 0.4) is 0 Å². The van der Waals surface area contributed by atoms with E-state index in [1.807, 2.05) is 0 Å². The Labute approximate surface area is 79.6 Å². The van der Waals surface area contributed by atoms with Crippen molar-refractivity contribution in [2.24, 2.45) is 16.1 Å². The maximum atomic E-state index is 5.61. The van der Waals surface area contributed by atoms with Gasteiger partial charge in [0.2, 0.25) is 0 Å². The highest BCUT2D eigenvalue weighted by Crippen LogP contribution is 2.10. The fraction of sp³-hybridized carbons (Fsp3) is 0.889. The van der Waals surface area contributed by atoms with Gasteiger partial charge in [-0.15, -0.1) is 0 Å². The third-order valence-corrected chi connectivity index (χ3v) is 2.10. The van der Waals surface area contributed by atoms with Gasteiger partial charge in [0.25, 0.3) is 0 Å². The van der Waals surface area contributed by atoms with E-state index in [1.54, 1.807) is 0 Å². The van der Waals surface area contributed by atoms with Crippen molar-refractivity contribution in [2.75, 3.05) is 32.8 Å². The fourth-order valence-corrected chi connectivity index (χ4v) is 0.980. The Balaban J connectivity index is 2.29. The van der Waals surface area contributed by atoms with Crippen molar-refractivity contribution >= 4 is 5.84 Å². The van der Waals surface area contributed by atoms with Crippen LogP contribution in [0.4, 0.5) is 0 Å². The lowest BCUT2D eigenvalue weighted by Gasteiger charge is -2.24. The van der Waals surface area contributed by atoms with E-state index in [4.69, 9.17) is 10.5 Å². The predicted molar refractivity (Wildman–Crippen MR) is 54.0 cm³/mol. The van der Waals surface area contributed by atoms with Gasteiger partial charge in [-0.1, -0.05) is 13.8 Å². The maximum absolute atomic E-state index is 5.61. The van der Waals surface area contributed by atoms with Crippen molar-refractivity contribution in [2.45, 2.75) is 13.8 Å². The highest BCUT2D eigenvalue weighted by atomic mass is 16.5. The van der Waals surface area contributed by atoms with Crippen LogP contribution in [0.25, 0.3) is 0 Å². The lowest BCUT2D eigenvalue weighted by Crippen LogP contribution is -2.41. The molecule has 0 spiro atoms. The predicted octanol–water partition coefficient (Wildman–Crippen LogP) is -0.0104. The molecule has 0 aliphatic carbocycles. The van der Waals surface area contributed by atoms with Gasteiger partial charge in [-0.2, -0.15) is 0 Å². The summed E-state index contributed by atoms with van der Waals surface area (Å²) in [6.45, 7) is 7.91. The first-order chi connectivity index (χ1) is 6.14. The summed E-state index contributed by atoms with van der Waals surface area (Å²) in [6.07, 6.45) is 0. The number of aliphatic imine (C=N–C) groups is 1. The average molecular weight is 185 g/mol. The van der Waals surface area contributed by atoms with E-state index in [0.717, 1.165) is 25.5 Å². The van der Waals surface area contributed by atoms with Crippen LogP contribution in [0.2, 0.25) is 0 Å². The first kappa shape index (κ1) is 10.5. The second kappa shape index (κ2) is 4.58. The second-order valence-electron chi connectivity index (χ2n) is 4.10. The zero-order valence-electron chi connectivity index (χ0n) is 8.47. The largest absolute Gasteiger partial charge is 0.372 e. The number of amidine groups is 1. The van der Waals surface area contributed by atoms with Gasteiger partial charge in [-0.3, -0.25) is 4.99 Å². The Morgan fingerprint density at radius 1 is 1.62 bits per heavy atom. The molecule has 0 aromatic carbocycles. The molecule has 0 radical (unpaired) electrons. The molecule has 3 N–H and O–H groups in total. The van der Waals surface area contributed by atoms with Gasteiger partial charge in [-0.25, -0.2) is 0 Å². The maximum Gasteiger partial charge on any atom is 0.123 e. The van der Waals surface area contributed by atoms with E-state index in [0.29, 0.717) is 13.2 Å². The molecule has 0 unspecified atom stereocenters. The number of ether oxygens (including phenoxy) is 1. The standard InChI is InChI=1S/C9H19N3O/c1-9(2,6-10)7-12-8-5-13-4-3-11-8/h3-7,10H2,1-2H3,(H,11,12). The van der Waals surface area contributed by atoms with Crippen LogP contribution in [0.15, 0.2) is 4.99 Å². The van der Waals surface area contributed by atoms with Crippen molar-refractivity contribution in [1.82, 2.24) is 5.32 Å². The Bertz CT molecular complexity index is 189. The summed E-state index contributed by atoms with van der Waals surface area (Å²) < 4.78 is 5.26. The summed E-state index contributed by atoms with van der Waals surface area (Å²) in [5, 5.41) is 3.26. The summed E-state index contributed by atoms with van der Waals surface area (Å²) >= 11 is 0. The lowest BCUT2D eigenvalue weighted by atomic mass is 9.94. The van der Waals surface area contributed by atoms with Crippen LogP contribution in [0.1, 0.15) is 13.8 Å². The zero-order chi connectivity index (χ0) is 9.73. The molecule has 0 saturated heterocycles. The fourth-order valence-electron chi connectivity index (χ4n) is 0.980. The summed E-state index contributed by atoms with van der Waals surface area (Å²) in [5.74, 6) is 0.952. The molecule has 4 nitrogen and oxygen atoms in total. The molecule has 0 fully saturated rings. The number of hydrogen-bond donors (Lipinski definition) is 2. The highest BCUT2D eigenvalue weighted by molar-refractivity contribution is 5.83. The minimum atomic E-state index is 0.125. The third-order valence-electron chi connectivity index (χ3n) is 2.10. The molecular weight excluding hydrogens is 166 g/mol. The monoisotopic (exact) mass is 185 g/mol. The SMILES string of the molecule is CC(C)(CN)CNC1=NCCOC1. The molecule has 13 heavy (non-hydrogen) atoms.